The lowest BCUT2D eigenvalue weighted by Gasteiger charge is -2.19. The van der Waals surface area contributed by atoms with Gasteiger partial charge in [-0.05, 0) is 72.6 Å². The van der Waals surface area contributed by atoms with Gasteiger partial charge in [0.15, 0.2) is 0 Å². The molecule has 6 aromatic carbocycles. The van der Waals surface area contributed by atoms with E-state index in [0.717, 1.165) is 5.56 Å². The van der Waals surface area contributed by atoms with E-state index in [-0.39, 0.29) is 0 Å². The van der Waals surface area contributed by atoms with Gasteiger partial charge < -0.3 is 4.74 Å². The molecule has 172 valence electrons. The average molecular weight is 463 g/mol. The van der Waals surface area contributed by atoms with Crippen LogP contribution in [0, 0.1) is 0 Å². The maximum atomic E-state index is 5.22. The second-order valence-electron chi connectivity index (χ2n) is 8.91. The van der Waals surface area contributed by atoms with Crippen LogP contribution in [0.25, 0.3) is 61.0 Å². The summed E-state index contributed by atoms with van der Waals surface area (Å²) >= 11 is 0. The number of rotatable bonds is 5. The minimum atomic E-state index is 1.13. The summed E-state index contributed by atoms with van der Waals surface area (Å²) in [5.74, 6) is 0. The van der Waals surface area contributed by atoms with E-state index in [0.29, 0.717) is 0 Å². The zero-order valence-corrected chi connectivity index (χ0v) is 20.2. The first kappa shape index (κ1) is 21.9. The molecular weight excluding hydrogens is 436 g/mol. The third-order valence-corrected chi connectivity index (χ3v) is 6.80. The molecule has 0 spiro atoms. The summed E-state index contributed by atoms with van der Waals surface area (Å²) in [6.45, 7) is 0. The molecule has 0 amide bonds. The van der Waals surface area contributed by atoms with Gasteiger partial charge in [0.2, 0.25) is 0 Å². The first-order valence-corrected chi connectivity index (χ1v) is 12.2. The Morgan fingerprint density at radius 3 is 1.64 bits per heavy atom. The number of hydrogen-bond acceptors (Lipinski definition) is 1. The van der Waals surface area contributed by atoms with Crippen LogP contribution in [0.1, 0.15) is 5.56 Å². The molecule has 6 rings (SSSR count). The average Bonchev–Trinajstić information content (AvgIpc) is 2.95. The van der Waals surface area contributed by atoms with Gasteiger partial charge in [0.25, 0.3) is 0 Å². The van der Waals surface area contributed by atoms with Crippen LogP contribution in [-0.2, 0) is 4.74 Å². The summed E-state index contributed by atoms with van der Waals surface area (Å²) in [5.41, 5.74) is 8.50. The number of methoxy groups -OCH3 is 1. The summed E-state index contributed by atoms with van der Waals surface area (Å²) < 4.78 is 5.22. The lowest BCUT2D eigenvalue weighted by molar-refractivity contribution is 0.341. The van der Waals surface area contributed by atoms with Crippen molar-refractivity contribution in [3.05, 3.63) is 139 Å². The first-order valence-electron chi connectivity index (χ1n) is 12.2. The largest absolute Gasteiger partial charge is 0.504 e. The highest BCUT2D eigenvalue weighted by atomic mass is 16.5. The smallest absolute Gasteiger partial charge is 0.0830 e. The fourth-order valence-corrected chi connectivity index (χ4v) is 5.22. The molecule has 0 fully saturated rings. The highest BCUT2D eigenvalue weighted by molar-refractivity contribution is 6.22. The predicted octanol–water partition coefficient (Wildman–Crippen LogP) is 9.61. The van der Waals surface area contributed by atoms with E-state index >= 15 is 0 Å². The van der Waals surface area contributed by atoms with Gasteiger partial charge in [-0.2, -0.15) is 0 Å². The van der Waals surface area contributed by atoms with Crippen molar-refractivity contribution in [2.75, 3.05) is 7.11 Å². The Labute approximate surface area is 211 Å². The second kappa shape index (κ2) is 9.56. The van der Waals surface area contributed by atoms with Gasteiger partial charge in [0.05, 0.1) is 13.4 Å². The number of hydrogen-bond donors (Lipinski definition) is 0. The Hall–Kier alpha value is -4.62. The summed E-state index contributed by atoms with van der Waals surface area (Å²) in [6.07, 6.45) is 3.75. The van der Waals surface area contributed by atoms with E-state index in [1.54, 1.807) is 13.4 Å². The molecule has 0 unspecified atom stereocenters. The molecule has 0 saturated carbocycles. The minimum absolute atomic E-state index is 1.13. The van der Waals surface area contributed by atoms with Crippen LogP contribution < -0.4 is 0 Å². The quantitative estimate of drug-likeness (QED) is 0.183. The molecule has 0 saturated heterocycles. The highest BCUT2D eigenvalue weighted by Crippen LogP contribution is 2.44. The monoisotopic (exact) mass is 462 g/mol. The Balaban J connectivity index is 1.74. The normalized spacial score (nSPS) is 11.4. The Morgan fingerprint density at radius 1 is 0.472 bits per heavy atom. The molecule has 0 heterocycles. The van der Waals surface area contributed by atoms with Crippen LogP contribution in [0.3, 0.4) is 0 Å². The zero-order valence-electron chi connectivity index (χ0n) is 20.2. The Morgan fingerprint density at radius 2 is 1.00 bits per heavy atom. The summed E-state index contributed by atoms with van der Waals surface area (Å²) in [4.78, 5) is 0. The zero-order chi connectivity index (χ0) is 24.3. The van der Waals surface area contributed by atoms with E-state index in [2.05, 4.69) is 127 Å². The van der Waals surface area contributed by atoms with Crippen LogP contribution >= 0.6 is 0 Å². The molecule has 0 aromatic heterocycles. The van der Waals surface area contributed by atoms with Crippen molar-refractivity contribution in [1.29, 1.82) is 0 Å². The SMILES string of the molecule is CO/C=C\c1ccccc1-c1ccc2c(-c3ccccc3)c3ccccc3c(-c3ccccc3)c2c1. The van der Waals surface area contributed by atoms with Crippen LogP contribution in [-0.4, -0.2) is 7.11 Å². The topological polar surface area (TPSA) is 9.23 Å². The number of fused-ring (bicyclic) bond motifs is 2. The van der Waals surface area contributed by atoms with E-state index < -0.39 is 0 Å². The molecular formula is C35H26O. The molecule has 36 heavy (non-hydrogen) atoms. The van der Waals surface area contributed by atoms with Gasteiger partial charge in [-0.1, -0.05) is 121 Å². The fourth-order valence-electron chi connectivity index (χ4n) is 5.22. The van der Waals surface area contributed by atoms with Crippen molar-refractivity contribution < 1.29 is 4.74 Å². The van der Waals surface area contributed by atoms with Crippen molar-refractivity contribution in [3.63, 3.8) is 0 Å². The maximum Gasteiger partial charge on any atom is 0.0830 e. The standard InChI is InChI=1S/C35H26O/c1-36-23-22-25-12-8-9-17-29(25)28-20-21-32-33(24-28)35(27-15-6-3-7-16-27)31-19-11-10-18-30(31)34(32)26-13-4-2-5-14-26/h2-24H,1H3/b23-22-. The summed E-state index contributed by atoms with van der Waals surface area (Å²) in [5, 5.41) is 5.04. The first-order chi connectivity index (χ1) is 17.8. The van der Waals surface area contributed by atoms with Crippen LogP contribution in [0.15, 0.2) is 134 Å². The molecule has 0 aliphatic carbocycles. The van der Waals surface area contributed by atoms with Gasteiger partial charge in [-0.3, -0.25) is 0 Å². The fraction of sp³-hybridized carbons (Fsp3) is 0.0286. The highest BCUT2D eigenvalue weighted by Gasteiger charge is 2.17. The van der Waals surface area contributed by atoms with Crippen molar-refractivity contribution in [1.82, 2.24) is 0 Å². The minimum Gasteiger partial charge on any atom is -0.504 e. The van der Waals surface area contributed by atoms with Gasteiger partial charge in [0, 0.05) is 0 Å². The third kappa shape index (κ3) is 3.85. The van der Waals surface area contributed by atoms with E-state index in [4.69, 9.17) is 4.74 Å². The van der Waals surface area contributed by atoms with Crippen LogP contribution in [0.2, 0.25) is 0 Å². The molecule has 6 aromatic rings. The second-order valence-corrected chi connectivity index (χ2v) is 8.91. The molecule has 1 heteroatoms. The summed E-state index contributed by atoms with van der Waals surface area (Å²) in [7, 11) is 1.68. The number of benzene rings is 6. The molecule has 0 N–H and O–H groups in total. The number of ether oxygens (including phenoxy) is 1. The third-order valence-electron chi connectivity index (χ3n) is 6.80. The maximum absolute atomic E-state index is 5.22. The predicted molar refractivity (Wildman–Crippen MR) is 154 cm³/mol. The van der Waals surface area contributed by atoms with E-state index in [1.165, 1.54) is 54.9 Å². The van der Waals surface area contributed by atoms with Gasteiger partial charge in [0.1, 0.15) is 0 Å². The van der Waals surface area contributed by atoms with Gasteiger partial charge in [-0.25, -0.2) is 0 Å². The van der Waals surface area contributed by atoms with Crippen molar-refractivity contribution in [2.24, 2.45) is 0 Å². The molecule has 0 atom stereocenters. The Kier molecular flexibility index (Phi) is 5.81. The lowest BCUT2D eigenvalue weighted by Crippen LogP contribution is -1.92. The van der Waals surface area contributed by atoms with E-state index in [9.17, 15) is 0 Å². The molecule has 0 aliphatic rings. The van der Waals surface area contributed by atoms with E-state index in [1.807, 2.05) is 6.08 Å². The molecule has 0 aliphatic heterocycles. The van der Waals surface area contributed by atoms with Crippen molar-refractivity contribution in [3.8, 4) is 33.4 Å². The molecule has 0 bridgehead atoms. The van der Waals surface area contributed by atoms with Crippen LogP contribution in [0.4, 0.5) is 0 Å². The molecule has 0 radical (unpaired) electrons. The van der Waals surface area contributed by atoms with Crippen molar-refractivity contribution in [2.45, 2.75) is 0 Å². The van der Waals surface area contributed by atoms with Crippen LogP contribution in [0.5, 0.6) is 0 Å². The lowest BCUT2D eigenvalue weighted by atomic mass is 9.84. The Bertz CT molecular complexity index is 1700. The van der Waals surface area contributed by atoms with Gasteiger partial charge in [-0.15, -0.1) is 0 Å². The summed E-state index contributed by atoms with van der Waals surface area (Å²) in [6, 6.07) is 45.6. The molecule has 1 nitrogen and oxygen atoms in total. The van der Waals surface area contributed by atoms with Gasteiger partial charge >= 0.3 is 0 Å². The van der Waals surface area contributed by atoms with Crippen molar-refractivity contribution >= 4 is 27.6 Å².